The number of thiophene rings is 2. The number of halogens is 1. The minimum absolute atomic E-state index is 0.00320. The van der Waals surface area contributed by atoms with Gasteiger partial charge in [-0.25, -0.2) is 4.39 Å². The summed E-state index contributed by atoms with van der Waals surface area (Å²) in [6, 6.07) is 16.9. The Morgan fingerprint density at radius 2 is 1.75 bits per heavy atom. The summed E-state index contributed by atoms with van der Waals surface area (Å²) in [4.78, 5) is 28.2. The number of amides is 2. The summed E-state index contributed by atoms with van der Waals surface area (Å²) in [6.45, 7) is 1.58. The van der Waals surface area contributed by atoms with Gasteiger partial charge in [0.1, 0.15) is 5.82 Å². The zero-order chi connectivity index (χ0) is 22.1. The molecule has 1 fully saturated rings. The summed E-state index contributed by atoms with van der Waals surface area (Å²) in [5.41, 5.74) is 0.608. The van der Waals surface area contributed by atoms with Crippen LogP contribution in [0.25, 0.3) is 19.5 Å². The third-order valence-electron chi connectivity index (χ3n) is 6.06. The Labute approximate surface area is 193 Å². The lowest BCUT2D eigenvalue weighted by Gasteiger charge is -2.31. The van der Waals surface area contributed by atoms with Crippen LogP contribution in [0.3, 0.4) is 0 Å². The van der Waals surface area contributed by atoms with Crippen LogP contribution in [0, 0.1) is 11.7 Å². The molecular weight excluding hydrogens is 443 g/mol. The van der Waals surface area contributed by atoms with Gasteiger partial charge in [-0.05, 0) is 43.0 Å². The second-order valence-electron chi connectivity index (χ2n) is 8.10. The zero-order valence-electron chi connectivity index (χ0n) is 17.5. The molecular formula is C25H23FN2O2S2. The number of nitrogens with zero attached hydrogens (tertiary/aromatic N) is 1. The van der Waals surface area contributed by atoms with Crippen molar-refractivity contribution in [1.29, 1.82) is 0 Å². The summed E-state index contributed by atoms with van der Waals surface area (Å²) < 4.78 is 17.3. The van der Waals surface area contributed by atoms with E-state index < -0.39 is 0 Å². The van der Waals surface area contributed by atoms with Crippen LogP contribution in [0.4, 0.5) is 4.39 Å². The van der Waals surface area contributed by atoms with Crippen molar-refractivity contribution in [3.05, 3.63) is 70.9 Å². The zero-order valence-corrected chi connectivity index (χ0v) is 19.1. The second-order valence-corrected chi connectivity index (χ2v) is 10.2. The van der Waals surface area contributed by atoms with Crippen LogP contribution in [0.2, 0.25) is 0 Å². The Bertz CT molecular complexity index is 1290. The van der Waals surface area contributed by atoms with E-state index in [-0.39, 0.29) is 23.5 Å². The number of nitrogens with one attached hydrogen (secondary N) is 1. The second kappa shape index (κ2) is 9.00. The Morgan fingerprint density at radius 3 is 2.56 bits per heavy atom. The van der Waals surface area contributed by atoms with E-state index in [0.717, 1.165) is 9.58 Å². The highest BCUT2D eigenvalue weighted by Gasteiger charge is 2.28. The maximum Gasteiger partial charge on any atom is 0.263 e. The standard InChI is InChI=1S/C25H23FN2O2S2/c26-19-7-3-1-5-16(19)9-12-27-24(29)17-10-13-28(14-11-17)25(30)22-15-21-23(32-22)18-6-2-4-8-20(18)31-21/h1-8,15,17H,9-14H2,(H,27,29). The number of likely N-dealkylation sites (tertiary alicyclic amines) is 1. The first-order valence-corrected chi connectivity index (χ1v) is 12.4. The SMILES string of the molecule is O=C(NCCc1ccccc1F)C1CCN(C(=O)c2cc3sc4ccccc4c3s2)CC1. The molecule has 0 aliphatic carbocycles. The minimum Gasteiger partial charge on any atom is -0.356 e. The van der Waals surface area contributed by atoms with E-state index in [1.165, 1.54) is 20.9 Å². The van der Waals surface area contributed by atoms with E-state index in [1.807, 2.05) is 23.1 Å². The smallest absolute Gasteiger partial charge is 0.263 e. The van der Waals surface area contributed by atoms with Crippen LogP contribution in [-0.2, 0) is 11.2 Å². The highest BCUT2D eigenvalue weighted by Crippen LogP contribution is 2.39. The molecule has 0 bridgehead atoms. The Balaban J connectivity index is 1.15. The van der Waals surface area contributed by atoms with Gasteiger partial charge in [0.15, 0.2) is 0 Å². The molecule has 2 aromatic heterocycles. The molecule has 5 rings (SSSR count). The van der Waals surface area contributed by atoms with Gasteiger partial charge < -0.3 is 10.2 Å². The van der Waals surface area contributed by atoms with Crippen molar-refractivity contribution in [3.63, 3.8) is 0 Å². The van der Waals surface area contributed by atoms with E-state index in [1.54, 1.807) is 40.9 Å². The van der Waals surface area contributed by atoms with Crippen LogP contribution < -0.4 is 5.32 Å². The lowest BCUT2D eigenvalue weighted by atomic mass is 9.95. The van der Waals surface area contributed by atoms with Crippen LogP contribution in [0.1, 0.15) is 28.1 Å². The number of carbonyl (C=O) groups excluding carboxylic acids is 2. The monoisotopic (exact) mass is 466 g/mol. The third-order valence-corrected chi connectivity index (χ3v) is 8.47. The predicted molar refractivity (Wildman–Crippen MR) is 129 cm³/mol. The molecule has 4 nitrogen and oxygen atoms in total. The molecule has 1 aliphatic heterocycles. The van der Waals surface area contributed by atoms with Crippen LogP contribution in [0.5, 0.6) is 0 Å². The fourth-order valence-corrected chi connectivity index (χ4v) is 6.76. The van der Waals surface area contributed by atoms with E-state index in [0.29, 0.717) is 44.5 Å². The highest BCUT2D eigenvalue weighted by molar-refractivity contribution is 7.33. The quantitative estimate of drug-likeness (QED) is 0.424. The van der Waals surface area contributed by atoms with Crippen molar-refractivity contribution in [2.75, 3.05) is 19.6 Å². The first kappa shape index (κ1) is 21.1. The number of benzene rings is 2. The van der Waals surface area contributed by atoms with Crippen LogP contribution >= 0.6 is 22.7 Å². The van der Waals surface area contributed by atoms with Gasteiger partial charge in [0, 0.05) is 40.3 Å². The van der Waals surface area contributed by atoms with Crippen molar-refractivity contribution in [1.82, 2.24) is 10.2 Å². The predicted octanol–water partition coefficient (Wildman–Crippen LogP) is 5.47. The van der Waals surface area contributed by atoms with Crippen molar-refractivity contribution < 1.29 is 14.0 Å². The molecule has 0 unspecified atom stereocenters. The number of piperidine rings is 1. The topological polar surface area (TPSA) is 49.4 Å². The summed E-state index contributed by atoms with van der Waals surface area (Å²) in [7, 11) is 0. The largest absolute Gasteiger partial charge is 0.356 e. The van der Waals surface area contributed by atoms with Crippen molar-refractivity contribution in [2.45, 2.75) is 19.3 Å². The summed E-state index contributed by atoms with van der Waals surface area (Å²) in [5, 5.41) is 4.14. The van der Waals surface area contributed by atoms with Gasteiger partial charge in [0.25, 0.3) is 5.91 Å². The molecule has 0 atom stereocenters. The average molecular weight is 467 g/mol. The van der Waals surface area contributed by atoms with Gasteiger partial charge in [-0.2, -0.15) is 0 Å². The molecule has 32 heavy (non-hydrogen) atoms. The van der Waals surface area contributed by atoms with Crippen molar-refractivity contribution in [3.8, 4) is 0 Å². The molecule has 7 heteroatoms. The molecule has 4 aromatic rings. The van der Waals surface area contributed by atoms with E-state index in [9.17, 15) is 14.0 Å². The van der Waals surface area contributed by atoms with Gasteiger partial charge in [-0.15, -0.1) is 22.7 Å². The first-order valence-electron chi connectivity index (χ1n) is 10.8. The molecule has 164 valence electrons. The maximum absolute atomic E-state index is 13.7. The van der Waals surface area contributed by atoms with Crippen molar-refractivity contribution >= 4 is 54.0 Å². The van der Waals surface area contributed by atoms with Gasteiger partial charge in [-0.3, -0.25) is 9.59 Å². The van der Waals surface area contributed by atoms with Crippen molar-refractivity contribution in [2.24, 2.45) is 5.92 Å². The molecule has 0 saturated carbocycles. The molecule has 0 radical (unpaired) electrons. The van der Waals surface area contributed by atoms with E-state index in [4.69, 9.17) is 0 Å². The molecule has 0 spiro atoms. The van der Waals surface area contributed by atoms with E-state index in [2.05, 4.69) is 17.4 Å². The van der Waals surface area contributed by atoms with Gasteiger partial charge in [0.2, 0.25) is 5.91 Å². The van der Waals surface area contributed by atoms with Gasteiger partial charge >= 0.3 is 0 Å². The molecule has 1 aliphatic rings. The fourth-order valence-electron chi connectivity index (χ4n) is 4.27. The number of fused-ring (bicyclic) bond motifs is 3. The van der Waals surface area contributed by atoms with Gasteiger partial charge in [0.05, 0.1) is 9.58 Å². The minimum atomic E-state index is -0.241. The van der Waals surface area contributed by atoms with Crippen LogP contribution in [0.15, 0.2) is 54.6 Å². The number of carbonyl (C=O) groups is 2. The maximum atomic E-state index is 13.7. The number of rotatable bonds is 5. The molecule has 1 N–H and O–H groups in total. The van der Waals surface area contributed by atoms with Crippen LogP contribution in [-0.4, -0.2) is 36.3 Å². The lowest BCUT2D eigenvalue weighted by Crippen LogP contribution is -2.43. The molecule has 2 amide bonds. The third kappa shape index (κ3) is 4.14. The Morgan fingerprint density at radius 1 is 1.00 bits per heavy atom. The Hall–Kier alpha value is -2.77. The number of hydrogen-bond donors (Lipinski definition) is 1. The Kier molecular flexibility index (Phi) is 5.93. The highest BCUT2D eigenvalue weighted by atomic mass is 32.1. The number of hydrogen-bond acceptors (Lipinski definition) is 4. The summed E-state index contributed by atoms with van der Waals surface area (Å²) in [6.07, 6.45) is 1.78. The molecule has 3 heterocycles. The summed E-state index contributed by atoms with van der Waals surface area (Å²) >= 11 is 3.28. The normalized spacial score (nSPS) is 14.8. The lowest BCUT2D eigenvalue weighted by molar-refractivity contribution is -0.126. The molecule has 2 aromatic carbocycles. The first-order chi connectivity index (χ1) is 15.6. The van der Waals surface area contributed by atoms with Gasteiger partial charge in [-0.1, -0.05) is 36.4 Å². The fraction of sp³-hybridized carbons (Fsp3) is 0.280. The van der Waals surface area contributed by atoms with E-state index >= 15 is 0 Å². The summed E-state index contributed by atoms with van der Waals surface area (Å²) in [5.74, 6) is -0.289. The average Bonchev–Trinajstić information content (AvgIpc) is 3.38. The molecule has 1 saturated heterocycles.